The highest BCUT2D eigenvalue weighted by atomic mass is 35.5. The molecule has 3 aliphatic rings. The molecule has 0 bridgehead atoms. The van der Waals surface area contributed by atoms with Crippen LogP contribution >= 0.6 is 11.8 Å². The third-order valence-electron chi connectivity index (χ3n) is 6.41. The second-order valence-electron chi connectivity index (χ2n) is 8.65. The predicted molar refractivity (Wildman–Crippen MR) is 112 cm³/mol. The largest absolute Gasteiger partial charge is 0.394 e. The highest BCUT2D eigenvalue weighted by Crippen LogP contribution is 2.31. The quantitative estimate of drug-likeness (QED) is 0.129. The molecule has 0 aromatic carbocycles. The van der Waals surface area contributed by atoms with Gasteiger partial charge in [0.1, 0.15) is 61.0 Å². The minimum Gasteiger partial charge on any atom is -0.394 e. The van der Waals surface area contributed by atoms with Gasteiger partial charge in [0.25, 0.3) is 0 Å². The Kier molecular flexibility index (Phi) is 10.4. The second-order valence-corrected chi connectivity index (χ2v) is 8.87. The fourth-order valence-corrected chi connectivity index (χ4v) is 4.50. The Morgan fingerprint density at radius 2 is 1.17 bits per heavy atom. The van der Waals surface area contributed by atoms with Gasteiger partial charge in [-0.3, -0.25) is 0 Å². The Hall–Kier alpha value is -0.350. The first-order chi connectivity index (χ1) is 16.6. The maximum absolute atomic E-state index is 11.0. The Labute approximate surface area is 204 Å². The lowest BCUT2D eigenvalue weighted by Gasteiger charge is -2.49. The number of halogens is 1. The molecule has 0 radical (unpaired) electrons. The minimum absolute atomic E-state index is 0.658. The molecule has 206 valence electrons. The molecule has 3 aliphatic heterocycles. The number of aliphatic hydroxyl groups is 8. The summed E-state index contributed by atoms with van der Waals surface area (Å²) in [6.07, 6.45) is -16.9. The third kappa shape index (κ3) is 5.89. The molecule has 17 heteroatoms. The molecule has 0 amide bonds. The van der Waals surface area contributed by atoms with Crippen LogP contribution in [-0.2, 0) is 23.7 Å². The number of aliphatic hydroxyl groups excluding tert-OH is 8. The average molecular weight is 536 g/mol. The van der Waals surface area contributed by atoms with Crippen molar-refractivity contribution in [1.29, 1.82) is 0 Å². The van der Waals surface area contributed by atoms with Crippen molar-refractivity contribution in [3.63, 3.8) is 0 Å². The molecule has 0 spiro atoms. The van der Waals surface area contributed by atoms with E-state index in [0.717, 1.165) is 0 Å². The van der Waals surface area contributed by atoms with Gasteiger partial charge in [-0.05, 0) is 11.8 Å². The van der Waals surface area contributed by atoms with Crippen LogP contribution in [0.25, 0.3) is 0 Å². The normalized spacial score (nSPS) is 51.3. The van der Waals surface area contributed by atoms with Crippen LogP contribution in [-0.4, -0.2) is 153 Å². The van der Waals surface area contributed by atoms with Gasteiger partial charge in [0, 0.05) is 0 Å². The third-order valence-corrected chi connectivity index (χ3v) is 6.66. The van der Waals surface area contributed by atoms with Gasteiger partial charge in [0.15, 0.2) is 18.9 Å². The molecule has 3 saturated heterocycles. The molecule has 35 heavy (non-hydrogen) atoms. The summed E-state index contributed by atoms with van der Waals surface area (Å²) in [5, 5.41) is 80.1. The van der Waals surface area contributed by atoms with E-state index in [1.807, 2.05) is 0 Å². The van der Waals surface area contributed by atoms with E-state index >= 15 is 0 Å². The second kappa shape index (κ2) is 12.5. The zero-order valence-electron chi connectivity index (χ0n) is 18.4. The van der Waals surface area contributed by atoms with Gasteiger partial charge in [-0.25, -0.2) is 4.84 Å². The topological polar surface area (TPSA) is 272 Å². The summed E-state index contributed by atoms with van der Waals surface area (Å²) in [5.74, 6) is 0. The summed E-state index contributed by atoms with van der Waals surface area (Å²) in [7, 11) is 0. The summed E-state index contributed by atoms with van der Waals surface area (Å²) >= 11 is 5.80. The molecule has 16 nitrogen and oxygen atoms in total. The van der Waals surface area contributed by atoms with Crippen LogP contribution in [0, 0.1) is 0 Å². The van der Waals surface area contributed by atoms with E-state index in [2.05, 4.69) is 4.84 Å². The highest BCUT2D eigenvalue weighted by molar-refractivity contribution is 6.13. The number of hydrogen-bond acceptors (Lipinski definition) is 16. The lowest BCUT2D eigenvalue weighted by atomic mass is 9.94. The van der Waals surface area contributed by atoms with Crippen LogP contribution < -0.4 is 16.3 Å². The van der Waals surface area contributed by atoms with E-state index < -0.39 is 112 Å². The monoisotopic (exact) mass is 535 g/mol. The van der Waals surface area contributed by atoms with Crippen LogP contribution in [0.15, 0.2) is 0 Å². The smallest absolute Gasteiger partial charge is 0.177 e. The molecule has 13 N–H and O–H groups in total. The first-order valence-corrected chi connectivity index (χ1v) is 11.3. The summed E-state index contributed by atoms with van der Waals surface area (Å²) in [5.41, 5.74) is 11.6. The number of ether oxygens (including phenoxy) is 5. The summed E-state index contributed by atoms with van der Waals surface area (Å²) < 4.78 is 27.6. The first kappa shape index (κ1) is 29.2. The number of hydrogen-bond donors (Lipinski definition) is 11. The molecular weight excluding hydrogens is 502 g/mol. The van der Waals surface area contributed by atoms with Crippen molar-refractivity contribution in [3.8, 4) is 0 Å². The zero-order chi connectivity index (χ0) is 26.0. The van der Waals surface area contributed by atoms with Crippen molar-refractivity contribution in [2.24, 2.45) is 11.5 Å². The first-order valence-electron chi connectivity index (χ1n) is 11.0. The fourth-order valence-electron chi connectivity index (χ4n) is 4.27. The van der Waals surface area contributed by atoms with E-state index in [0.29, 0.717) is 0 Å². The van der Waals surface area contributed by atoms with Crippen molar-refractivity contribution >= 4 is 11.8 Å². The van der Waals surface area contributed by atoms with Crippen LogP contribution in [0.3, 0.4) is 0 Å². The molecule has 0 saturated carbocycles. The SMILES string of the molecule is N[C@H]1[C@H](OC2[C@@H](CO)O[C@@H](OC3[C@@H](CO)O[C@@H](O)[C@H](N)[C@H]3O)[C@H](NCl)[C@H]2O)O[C@H](CO)[C@@H](O)[C@@H]1O. The molecule has 2 unspecified atom stereocenters. The maximum atomic E-state index is 11.0. The van der Waals surface area contributed by atoms with Gasteiger partial charge in [0.2, 0.25) is 0 Å². The van der Waals surface area contributed by atoms with Gasteiger partial charge in [-0.1, -0.05) is 0 Å². The summed E-state index contributed by atoms with van der Waals surface area (Å²) in [4.78, 5) is 2.26. The number of nitrogens with one attached hydrogen (secondary N) is 1. The van der Waals surface area contributed by atoms with Gasteiger partial charge in [-0.15, -0.1) is 0 Å². The molecule has 0 aliphatic carbocycles. The van der Waals surface area contributed by atoms with Crippen LogP contribution in [0.2, 0.25) is 0 Å². The van der Waals surface area contributed by atoms with E-state index in [1.165, 1.54) is 0 Å². The van der Waals surface area contributed by atoms with Crippen LogP contribution in [0.5, 0.6) is 0 Å². The molecule has 0 aromatic rings. The zero-order valence-corrected chi connectivity index (χ0v) is 19.2. The van der Waals surface area contributed by atoms with Crippen molar-refractivity contribution in [3.05, 3.63) is 0 Å². The van der Waals surface area contributed by atoms with Crippen LogP contribution in [0.1, 0.15) is 0 Å². The highest BCUT2D eigenvalue weighted by Gasteiger charge is 2.53. The van der Waals surface area contributed by atoms with Crippen molar-refractivity contribution < 1.29 is 64.5 Å². The molecule has 3 rings (SSSR count). The summed E-state index contributed by atoms with van der Waals surface area (Å²) in [6, 6.07) is -3.83. The van der Waals surface area contributed by atoms with E-state index in [1.54, 1.807) is 0 Å². The Morgan fingerprint density at radius 1 is 0.657 bits per heavy atom. The average Bonchev–Trinajstić information content (AvgIpc) is 2.85. The number of rotatable bonds is 8. The number of nitrogens with two attached hydrogens (primary N) is 2. The lowest BCUT2D eigenvalue weighted by Crippen LogP contribution is -2.69. The fraction of sp³-hybridized carbons (Fsp3) is 1.00. The van der Waals surface area contributed by atoms with Crippen molar-refractivity contribution in [1.82, 2.24) is 4.84 Å². The minimum atomic E-state index is -1.57. The molecule has 0 aromatic heterocycles. The van der Waals surface area contributed by atoms with E-state index in [4.69, 9.17) is 46.9 Å². The van der Waals surface area contributed by atoms with Gasteiger partial charge in [-0.2, -0.15) is 0 Å². The van der Waals surface area contributed by atoms with E-state index in [9.17, 15) is 40.9 Å². The van der Waals surface area contributed by atoms with Crippen LogP contribution in [0.4, 0.5) is 0 Å². The maximum Gasteiger partial charge on any atom is 0.177 e. The Bertz CT molecular complexity index is 669. The van der Waals surface area contributed by atoms with Gasteiger partial charge >= 0.3 is 0 Å². The lowest BCUT2D eigenvalue weighted by molar-refractivity contribution is -0.349. The predicted octanol–water partition coefficient (Wildman–Crippen LogP) is -6.89. The van der Waals surface area contributed by atoms with Crippen molar-refractivity contribution in [2.45, 2.75) is 91.9 Å². The van der Waals surface area contributed by atoms with E-state index in [-0.39, 0.29) is 0 Å². The van der Waals surface area contributed by atoms with Crippen molar-refractivity contribution in [2.75, 3.05) is 19.8 Å². The van der Waals surface area contributed by atoms with Gasteiger partial charge in [0.05, 0.1) is 31.9 Å². The Morgan fingerprint density at radius 3 is 1.74 bits per heavy atom. The molecule has 3 fully saturated rings. The molecule has 3 heterocycles. The standard InChI is InChI=1S/C18H34ClN3O13/c19-22-9-13(29)15(34-17-8(21)11(27)10(26)4(1-23)32-17)6(3-25)33-18(9)35-14-5(2-24)31-16(30)7(20)12(14)28/h4-18,22-30H,1-3,20-21H2/t4-,5-,6-,7-,8-,9-,10-,11-,12-,13-,14?,15?,16-,17+,18+/m1/s1. The molecular formula is C18H34ClN3O13. The Balaban J connectivity index is 1.76. The summed E-state index contributed by atoms with van der Waals surface area (Å²) in [6.45, 7) is -2.03. The molecule has 15 atom stereocenters. The van der Waals surface area contributed by atoms with Gasteiger partial charge < -0.3 is 76.0 Å².